The van der Waals surface area contributed by atoms with E-state index >= 15 is 0 Å². The molecule has 0 aromatic carbocycles. The highest BCUT2D eigenvalue weighted by Gasteiger charge is 2.29. The topological polar surface area (TPSA) is 35.6 Å². The number of hydrogen-bond donors (Lipinski definition) is 1. The lowest BCUT2D eigenvalue weighted by molar-refractivity contribution is -0.137. The number of nitrogens with zero attached hydrogens (tertiary/aromatic N) is 2. The fourth-order valence-corrected chi connectivity index (χ4v) is 2.49. The summed E-state index contributed by atoms with van der Waals surface area (Å²) in [6.07, 6.45) is 2.18. The second-order valence-corrected chi connectivity index (χ2v) is 5.21. The number of rotatable bonds is 1. The number of hydrogen-bond acceptors (Lipinski definition) is 3. The van der Waals surface area contributed by atoms with E-state index in [-0.39, 0.29) is 5.92 Å². The number of carbonyl (C=O) groups excluding carboxylic acids is 1. The number of nitrogens with one attached hydrogen (secondary N) is 1. The van der Waals surface area contributed by atoms with E-state index in [2.05, 4.69) is 24.2 Å². The van der Waals surface area contributed by atoms with Crippen molar-refractivity contribution in [3.8, 4) is 0 Å². The minimum Gasteiger partial charge on any atom is -0.340 e. The van der Waals surface area contributed by atoms with Crippen LogP contribution < -0.4 is 5.32 Å². The second-order valence-electron chi connectivity index (χ2n) is 5.21. The molecule has 0 aliphatic carbocycles. The van der Waals surface area contributed by atoms with Crippen LogP contribution in [0.2, 0.25) is 0 Å². The summed E-state index contributed by atoms with van der Waals surface area (Å²) in [5.41, 5.74) is 0. The van der Waals surface area contributed by atoms with Gasteiger partial charge < -0.3 is 15.1 Å². The van der Waals surface area contributed by atoms with Gasteiger partial charge in [-0.25, -0.2) is 0 Å². The van der Waals surface area contributed by atoms with Gasteiger partial charge in [0.15, 0.2) is 0 Å². The minimum absolute atomic E-state index is 0.222. The van der Waals surface area contributed by atoms with E-state index in [1.807, 2.05) is 4.90 Å². The largest absolute Gasteiger partial charge is 0.340 e. The van der Waals surface area contributed by atoms with Crippen LogP contribution in [-0.2, 0) is 4.79 Å². The molecule has 92 valence electrons. The Morgan fingerprint density at radius 2 is 1.88 bits per heavy atom. The van der Waals surface area contributed by atoms with Crippen LogP contribution >= 0.6 is 0 Å². The Balaban J connectivity index is 1.83. The van der Waals surface area contributed by atoms with Gasteiger partial charge in [0.1, 0.15) is 0 Å². The predicted octanol–water partition coefficient (Wildman–Crippen LogP) is 0.149. The minimum atomic E-state index is 0.222. The molecular weight excluding hydrogens is 202 g/mol. The van der Waals surface area contributed by atoms with Gasteiger partial charge in [0.2, 0.25) is 5.91 Å². The van der Waals surface area contributed by atoms with Crippen LogP contribution in [-0.4, -0.2) is 61.5 Å². The molecule has 2 unspecified atom stereocenters. The second kappa shape index (κ2) is 5.15. The normalized spacial score (nSPS) is 32.8. The van der Waals surface area contributed by atoms with E-state index in [0.29, 0.717) is 11.9 Å². The van der Waals surface area contributed by atoms with E-state index in [0.717, 1.165) is 45.6 Å². The number of carbonyl (C=O) groups is 1. The highest BCUT2D eigenvalue weighted by atomic mass is 16.2. The predicted molar refractivity (Wildman–Crippen MR) is 64.3 cm³/mol. The van der Waals surface area contributed by atoms with Gasteiger partial charge in [-0.2, -0.15) is 0 Å². The van der Waals surface area contributed by atoms with E-state index in [1.165, 1.54) is 0 Å². The maximum atomic E-state index is 12.2. The quantitative estimate of drug-likeness (QED) is 0.690. The lowest BCUT2D eigenvalue weighted by Gasteiger charge is -2.36. The first kappa shape index (κ1) is 11.9. The Kier molecular flexibility index (Phi) is 3.82. The molecule has 2 atom stereocenters. The van der Waals surface area contributed by atoms with Crippen LogP contribution in [0.15, 0.2) is 0 Å². The van der Waals surface area contributed by atoms with Crippen molar-refractivity contribution < 1.29 is 4.79 Å². The van der Waals surface area contributed by atoms with E-state index in [9.17, 15) is 4.79 Å². The van der Waals surface area contributed by atoms with Crippen LogP contribution in [0.5, 0.6) is 0 Å². The molecule has 0 saturated carbocycles. The van der Waals surface area contributed by atoms with E-state index < -0.39 is 0 Å². The fourth-order valence-electron chi connectivity index (χ4n) is 2.49. The molecule has 0 aromatic heterocycles. The molecule has 4 nitrogen and oxygen atoms in total. The molecule has 2 aliphatic rings. The van der Waals surface area contributed by atoms with Crippen molar-refractivity contribution in [1.29, 1.82) is 0 Å². The van der Waals surface area contributed by atoms with Crippen LogP contribution in [0.25, 0.3) is 0 Å². The summed E-state index contributed by atoms with van der Waals surface area (Å²) in [6.45, 7) is 6.90. The molecule has 2 rings (SSSR count). The average molecular weight is 225 g/mol. The maximum Gasteiger partial charge on any atom is 0.227 e. The summed E-state index contributed by atoms with van der Waals surface area (Å²) >= 11 is 0. The third-order valence-corrected chi connectivity index (χ3v) is 3.83. The fraction of sp³-hybridized carbons (Fsp3) is 0.917. The first-order chi connectivity index (χ1) is 7.66. The average Bonchev–Trinajstić information content (AvgIpc) is 2.30. The molecule has 16 heavy (non-hydrogen) atoms. The summed E-state index contributed by atoms with van der Waals surface area (Å²) in [4.78, 5) is 16.6. The van der Waals surface area contributed by atoms with Gasteiger partial charge >= 0.3 is 0 Å². The van der Waals surface area contributed by atoms with Gasteiger partial charge in [0, 0.05) is 38.8 Å². The highest BCUT2D eigenvalue weighted by molar-refractivity contribution is 5.79. The molecule has 2 heterocycles. The van der Waals surface area contributed by atoms with Crippen molar-refractivity contribution in [1.82, 2.24) is 15.1 Å². The van der Waals surface area contributed by atoms with Crippen molar-refractivity contribution in [2.45, 2.75) is 25.8 Å². The molecule has 2 saturated heterocycles. The van der Waals surface area contributed by atoms with Gasteiger partial charge in [-0.3, -0.25) is 4.79 Å². The lowest BCUT2D eigenvalue weighted by atomic mass is 9.94. The zero-order chi connectivity index (χ0) is 11.5. The summed E-state index contributed by atoms with van der Waals surface area (Å²) in [6, 6.07) is 0.580. The molecule has 1 N–H and O–H groups in total. The van der Waals surface area contributed by atoms with Crippen molar-refractivity contribution >= 4 is 5.91 Å². The monoisotopic (exact) mass is 225 g/mol. The summed E-state index contributed by atoms with van der Waals surface area (Å²) < 4.78 is 0. The summed E-state index contributed by atoms with van der Waals surface area (Å²) in [5, 5.41) is 3.40. The molecule has 2 aliphatic heterocycles. The van der Waals surface area contributed by atoms with Gasteiger partial charge in [-0.1, -0.05) is 0 Å². The zero-order valence-electron chi connectivity index (χ0n) is 10.4. The molecule has 4 heteroatoms. The van der Waals surface area contributed by atoms with Crippen molar-refractivity contribution in [3.63, 3.8) is 0 Å². The van der Waals surface area contributed by atoms with E-state index in [4.69, 9.17) is 0 Å². The first-order valence-corrected chi connectivity index (χ1v) is 6.37. The molecule has 0 radical (unpaired) electrons. The van der Waals surface area contributed by atoms with Crippen LogP contribution in [0.3, 0.4) is 0 Å². The number of piperazine rings is 1. The molecule has 0 bridgehead atoms. The Morgan fingerprint density at radius 3 is 2.44 bits per heavy atom. The third-order valence-electron chi connectivity index (χ3n) is 3.83. The standard InChI is InChI=1S/C12H23N3O/c1-10-3-4-11(9-13-10)12(16)15-7-5-14(2)6-8-15/h10-11,13H,3-9H2,1-2H3. The smallest absolute Gasteiger partial charge is 0.227 e. The number of piperidine rings is 1. The van der Waals surface area contributed by atoms with Crippen molar-refractivity contribution in [2.75, 3.05) is 39.8 Å². The number of amides is 1. The Labute approximate surface area is 98.0 Å². The Hall–Kier alpha value is -0.610. The maximum absolute atomic E-state index is 12.2. The Bertz CT molecular complexity index is 217. The highest BCUT2D eigenvalue weighted by Crippen LogP contribution is 2.17. The van der Waals surface area contributed by atoms with Crippen LogP contribution in [0, 0.1) is 5.92 Å². The van der Waals surface area contributed by atoms with Gasteiger partial charge in [0.25, 0.3) is 0 Å². The lowest BCUT2D eigenvalue weighted by Crippen LogP contribution is -2.51. The van der Waals surface area contributed by atoms with Gasteiger partial charge in [-0.15, -0.1) is 0 Å². The molecular formula is C12H23N3O. The zero-order valence-corrected chi connectivity index (χ0v) is 10.4. The van der Waals surface area contributed by atoms with Crippen LogP contribution in [0.1, 0.15) is 19.8 Å². The van der Waals surface area contributed by atoms with Crippen molar-refractivity contribution in [2.24, 2.45) is 5.92 Å². The van der Waals surface area contributed by atoms with Crippen molar-refractivity contribution in [3.05, 3.63) is 0 Å². The van der Waals surface area contributed by atoms with E-state index in [1.54, 1.807) is 0 Å². The Morgan fingerprint density at radius 1 is 1.19 bits per heavy atom. The molecule has 1 amide bonds. The first-order valence-electron chi connectivity index (χ1n) is 6.37. The SMILES string of the molecule is CC1CCC(C(=O)N2CCN(C)CC2)CN1. The summed E-state index contributed by atoms with van der Waals surface area (Å²) in [7, 11) is 2.12. The molecule has 0 aromatic rings. The summed E-state index contributed by atoms with van der Waals surface area (Å²) in [5.74, 6) is 0.590. The molecule has 0 spiro atoms. The van der Waals surface area contributed by atoms with Gasteiger partial charge in [-0.05, 0) is 26.8 Å². The third kappa shape index (κ3) is 2.74. The van der Waals surface area contributed by atoms with Crippen LogP contribution in [0.4, 0.5) is 0 Å². The number of likely N-dealkylation sites (N-methyl/N-ethyl adjacent to an activating group) is 1. The van der Waals surface area contributed by atoms with Gasteiger partial charge in [0.05, 0.1) is 5.92 Å². The molecule has 2 fully saturated rings.